The van der Waals surface area contributed by atoms with E-state index in [2.05, 4.69) is 9.88 Å². The summed E-state index contributed by atoms with van der Waals surface area (Å²) in [7, 11) is 0. The van der Waals surface area contributed by atoms with Gasteiger partial charge in [-0.05, 0) is 61.2 Å². The second kappa shape index (κ2) is 7.20. The zero-order valence-corrected chi connectivity index (χ0v) is 16.0. The number of rotatable bonds is 3. The van der Waals surface area contributed by atoms with Crippen LogP contribution >= 0.6 is 0 Å². The Hall–Kier alpha value is -3.41. The van der Waals surface area contributed by atoms with Crippen LogP contribution in [0, 0.1) is 5.82 Å². The zero-order chi connectivity index (χ0) is 19.8. The number of piperidine rings is 1. The van der Waals surface area contributed by atoms with Crippen molar-refractivity contribution in [3.05, 3.63) is 78.2 Å². The third kappa shape index (κ3) is 3.31. The Morgan fingerprint density at radius 3 is 2.76 bits per heavy atom. The zero-order valence-electron chi connectivity index (χ0n) is 16.0. The van der Waals surface area contributed by atoms with Crippen molar-refractivity contribution < 1.29 is 4.39 Å². The van der Waals surface area contributed by atoms with Crippen LogP contribution in [0.15, 0.2) is 66.9 Å². The van der Waals surface area contributed by atoms with Gasteiger partial charge in [-0.1, -0.05) is 24.3 Å². The number of halogens is 1. The van der Waals surface area contributed by atoms with Gasteiger partial charge in [0, 0.05) is 17.8 Å². The van der Waals surface area contributed by atoms with Gasteiger partial charge in [-0.15, -0.1) is 5.10 Å². The van der Waals surface area contributed by atoms with Gasteiger partial charge >= 0.3 is 0 Å². The summed E-state index contributed by atoms with van der Waals surface area (Å²) in [6.07, 6.45) is 5.02. The average Bonchev–Trinajstić information content (AvgIpc) is 3.17. The summed E-state index contributed by atoms with van der Waals surface area (Å²) in [6.45, 7) is 0.891. The highest BCUT2D eigenvalue weighted by Gasteiger charge is 2.26. The van der Waals surface area contributed by atoms with Gasteiger partial charge in [-0.2, -0.15) is 0 Å². The molecule has 6 heteroatoms. The van der Waals surface area contributed by atoms with Gasteiger partial charge < -0.3 is 10.6 Å². The van der Waals surface area contributed by atoms with Gasteiger partial charge in [0.2, 0.25) is 0 Å². The fourth-order valence-electron chi connectivity index (χ4n) is 4.18. The standard InChI is InChI=1S/C23H22FN5/c24-18-7-3-5-16(13-18)20-9-1-2-12-28(20)23-11-10-22-26-15-21(29(22)27-23)17-6-4-8-19(25)14-17/h3-8,10-11,13-15,20H,1-2,9,12,25H2/t20-/m0/s1. The molecule has 0 amide bonds. The van der Waals surface area contributed by atoms with Crippen LogP contribution in [0.25, 0.3) is 16.9 Å². The van der Waals surface area contributed by atoms with Gasteiger partial charge in [0.05, 0.1) is 17.9 Å². The molecule has 2 aromatic carbocycles. The average molecular weight is 387 g/mol. The van der Waals surface area contributed by atoms with Crippen LogP contribution in [-0.4, -0.2) is 21.1 Å². The van der Waals surface area contributed by atoms with Gasteiger partial charge in [0.1, 0.15) is 11.6 Å². The maximum atomic E-state index is 13.8. The molecule has 146 valence electrons. The number of nitrogens with two attached hydrogens (primary N) is 1. The minimum atomic E-state index is -0.199. The third-order valence-electron chi connectivity index (χ3n) is 5.56. The molecule has 0 aliphatic carbocycles. The molecule has 1 aliphatic rings. The quantitative estimate of drug-likeness (QED) is 0.511. The molecule has 5 nitrogen and oxygen atoms in total. The van der Waals surface area contributed by atoms with E-state index < -0.39 is 0 Å². The molecule has 4 aromatic rings. The molecule has 0 unspecified atom stereocenters. The molecule has 1 saturated heterocycles. The molecule has 2 aromatic heterocycles. The van der Waals surface area contributed by atoms with Crippen LogP contribution in [0.3, 0.4) is 0 Å². The molecule has 0 spiro atoms. The normalized spacial score (nSPS) is 17.0. The van der Waals surface area contributed by atoms with E-state index in [4.69, 9.17) is 10.8 Å². The van der Waals surface area contributed by atoms with Crippen molar-refractivity contribution in [3.8, 4) is 11.3 Å². The van der Waals surface area contributed by atoms with Crippen LogP contribution in [-0.2, 0) is 0 Å². The molecule has 0 radical (unpaired) electrons. The van der Waals surface area contributed by atoms with Crippen molar-refractivity contribution in [3.63, 3.8) is 0 Å². The highest BCUT2D eigenvalue weighted by Crippen LogP contribution is 2.34. The predicted octanol–water partition coefficient (Wildman–Crippen LogP) is 4.85. The Balaban J connectivity index is 1.57. The molecule has 1 atom stereocenters. The number of fused-ring (bicyclic) bond motifs is 1. The smallest absolute Gasteiger partial charge is 0.154 e. The highest BCUT2D eigenvalue weighted by atomic mass is 19.1. The number of anilines is 2. The Morgan fingerprint density at radius 2 is 1.90 bits per heavy atom. The number of hydrogen-bond acceptors (Lipinski definition) is 4. The number of hydrogen-bond donors (Lipinski definition) is 1. The van der Waals surface area contributed by atoms with Crippen LogP contribution in [0.2, 0.25) is 0 Å². The Bertz CT molecular complexity index is 1170. The van der Waals surface area contributed by atoms with E-state index >= 15 is 0 Å². The van der Waals surface area contributed by atoms with E-state index in [1.807, 2.05) is 53.2 Å². The van der Waals surface area contributed by atoms with Gasteiger partial charge in [-0.3, -0.25) is 0 Å². The first kappa shape index (κ1) is 17.7. The van der Waals surface area contributed by atoms with Crippen LogP contribution < -0.4 is 10.6 Å². The highest BCUT2D eigenvalue weighted by molar-refractivity contribution is 5.67. The molecule has 1 fully saturated rings. The Morgan fingerprint density at radius 1 is 1.00 bits per heavy atom. The van der Waals surface area contributed by atoms with Crippen molar-refractivity contribution >= 4 is 17.2 Å². The summed E-state index contributed by atoms with van der Waals surface area (Å²) < 4.78 is 15.7. The lowest BCUT2D eigenvalue weighted by atomic mass is 9.95. The molecular weight excluding hydrogens is 365 g/mol. The summed E-state index contributed by atoms with van der Waals surface area (Å²) in [5.74, 6) is 0.671. The first-order valence-electron chi connectivity index (χ1n) is 9.92. The summed E-state index contributed by atoms with van der Waals surface area (Å²) in [5.41, 5.74) is 10.3. The monoisotopic (exact) mass is 387 g/mol. The maximum absolute atomic E-state index is 13.8. The number of aromatic nitrogens is 3. The summed E-state index contributed by atoms with van der Waals surface area (Å²) >= 11 is 0. The minimum absolute atomic E-state index is 0.115. The fourth-order valence-corrected chi connectivity index (χ4v) is 4.18. The van der Waals surface area contributed by atoms with Gasteiger partial charge in [-0.25, -0.2) is 13.9 Å². The van der Waals surface area contributed by atoms with Crippen molar-refractivity contribution in [1.29, 1.82) is 0 Å². The summed E-state index contributed by atoms with van der Waals surface area (Å²) in [5, 5.41) is 4.91. The van der Waals surface area contributed by atoms with Crippen molar-refractivity contribution in [1.82, 2.24) is 14.6 Å². The SMILES string of the molecule is Nc1cccc(-c2cnc3ccc(N4CCCC[C@H]4c4cccc(F)c4)nn23)c1. The van der Waals surface area contributed by atoms with Gasteiger partial charge in [0.25, 0.3) is 0 Å². The first-order chi connectivity index (χ1) is 14.2. The Labute approximate surface area is 168 Å². The summed E-state index contributed by atoms with van der Waals surface area (Å²) in [4.78, 5) is 6.77. The van der Waals surface area contributed by atoms with E-state index in [1.165, 1.54) is 6.07 Å². The lowest BCUT2D eigenvalue weighted by Crippen LogP contribution is -2.34. The minimum Gasteiger partial charge on any atom is -0.399 e. The number of benzene rings is 2. The van der Waals surface area contributed by atoms with E-state index in [-0.39, 0.29) is 11.9 Å². The molecule has 29 heavy (non-hydrogen) atoms. The topological polar surface area (TPSA) is 59.5 Å². The lowest BCUT2D eigenvalue weighted by molar-refractivity contribution is 0.465. The molecule has 2 N–H and O–H groups in total. The molecular formula is C23H22FN5. The molecule has 3 heterocycles. The van der Waals surface area contributed by atoms with Crippen LogP contribution in [0.5, 0.6) is 0 Å². The lowest BCUT2D eigenvalue weighted by Gasteiger charge is -2.37. The predicted molar refractivity (Wildman–Crippen MR) is 113 cm³/mol. The van der Waals surface area contributed by atoms with E-state index in [0.29, 0.717) is 5.69 Å². The molecule has 0 saturated carbocycles. The third-order valence-corrected chi connectivity index (χ3v) is 5.56. The van der Waals surface area contributed by atoms with Gasteiger partial charge in [0.15, 0.2) is 5.65 Å². The number of imidazole rings is 1. The Kier molecular flexibility index (Phi) is 4.39. The number of nitrogens with zero attached hydrogens (tertiary/aromatic N) is 4. The second-order valence-corrected chi connectivity index (χ2v) is 7.49. The molecule has 5 rings (SSSR count). The largest absolute Gasteiger partial charge is 0.399 e. The first-order valence-corrected chi connectivity index (χ1v) is 9.92. The molecule has 0 bridgehead atoms. The maximum Gasteiger partial charge on any atom is 0.154 e. The van der Waals surface area contributed by atoms with Crippen LogP contribution in [0.1, 0.15) is 30.9 Å². The van der Waals surface area contributed by atoms with E-state index in [1.54, 1.807) is 12.1 Å². The van der Waals surface area contributed by atoms with Crippen molar-refractivity contribution in [2.75, 3.05) is 17.2 Å². The fraction of sp³-hybridized carbons (Fsp3) is 0.217. The molecule has 1 aliphatic heterocycles. The summed E-state index contributed by atoms with van der Waals surface area (Å²) in [6, 6.07) is 18.7. The van der Waals surface area contributed by atoms with E-state index in [9.17, 15) is 4.39 Å². The second-order valence-electron chi connectivity index (χ2n) is 7.49. The van der Waals surface area contributed by atoms with Crippen molar-refractivity contribution in [2.45, 2.75) is 25.3 Å². The van der Waals surface area contributed by atoms with Crippen molar-refractivity contribution in [2.24, 2.45) is 0 Å². The van der Waals surface area contributed by atoms with E-state index in [0.717, 1.165) is 54.1 Å². The van der Waals surface area contributed by atoms with Crippen LogP contribution in [0.4, 0.5) is 15.9 Å². The number of nitrogen functional groups attached to an aromatic ring is 1.